The molecule has 174 valence electrons. The number of nitrogens with one attached hydrogen (secondary N) is 1. The Kier molecular flexibility index (Phi) is 5.79. The lowest BCUT2D eigenvalue weighted by Gasteiger charge is -2.40. The molecular formula is C18H11BrClF6NO3S2. The van der Waals surface area contributed by atoms with Crippen molar-refractivity contribution in [1.29, 1.82) is 0 Å². The number of benzene rings is 2. The lowest BCUT2D eigenvalue weighted by Crippen LogP contribution is -2.22. The molecule has 3 rings (SSSR count). The van der Waals surface area contributed by atoms with Gasteiger partial charge in [0, 0.05) is 21.2 Å². The molecule has 1 heterocycles. The fraction of sp³-hybridized carbons (Fsp3) is 0.111. The van der Waals surface area contributed by atoms with Crippen LogP contribution in [0.3, 0.4) is 0 Å². The van der Waals surface area contributed by atoms with Gasteiger partial charge >= 0.3 is 10.2 Å². The molecule has 0 aliphatic heterocycles. The summed E-state index contributed by atoms with van der Waals surface area (Å²) < 4.78 is 92.4. The lowest BCUT2D eigenvalue weighted by molar-refractivity contribution is 0.101. The van der Waals surface area contributed by atoms with Gasteiger partial charge < -0.3 is 9.54 Å². The van der Waals surface area contributed by atoms with Gasteiger partial charge in [0.25, 0.3) is 0 Å². The minimum Gasteiger partial charge on any atom is -0.610 e. The maximum absolute atomic E-state index is 13.7. The predicted molar refractivity (Wildman–Crippen MR) is 115 cm³/mol. The summed E-state index contributed by atoms with van der Waals surface area (Å²) >= 11 is 6.77. The second kappa shape index (κ2) is 7.42. The van der Waals surface area contributed by atoms with Crippen molar-refractivity contribution in [1.82, 2.24) is 4.98 Å². The summed E-state index contributed by atoms with van der Waals surface area (Å²) in [6.45, 7) is 0.997. The van der Waals surface area contributed by atoms with Crippen LogP contribution in [0, 0.1) is 5.82 Å². The lowest BCUT2D eigenvalue weighted by atomic mass is 10.1. The number of rotatable bonds is 5. The fourth-order valence-electron chi connectivity index (χ4n) is 2.94. The molecule has 4 nitrogen and oxygen atoms in total. The highest BCUT2D eigenvalue weighted by Gasteiger charge is 2.65. The van der Waals surface area contributed by atoms with Crippen molar-refractivity contribution in [3.05, 3.63) is 67.0 Å². The third-order valence-electron chi connectivity index (χ3n) is 4.28. The van der Waals surface area contributed by atoms with E-state index in [9.17, 15) is 38.0 Å². The minimum atomic E-state index is -10.2. The average Bonchev–Trinajstić information content (AvgIpc) is 2.61. The summed E-state index contributed by atoms with van der Waals surface area (Å²) in [5.74, 6) is -3.33. The van der Waals surface area contributed by atoms with Gasteiger partial charge in [0.1, 0.15) is 22.0 Å². The summed E-state index contributed by atoms with van der Waals surface area (Å²) in [5, 5.41) is -0.577. The maximum Gasteiger partial charge on any atom is 0.310 e. The number of H-pyrrole nitrogens is 1. The Morgan fingerprint density at radius 2 is 1.81 bits per heavy atom. The van der Waals surface area contributed by atoms with Crippen LogP contribution in [-0.4, -0.2) is 15.3 Å². The van der Waals surface area contributed by atoms with Crippen molar-refractivity contribution in [2.45, 2.75) is 22.6 Å². The predicted octanol–water partition coefficient (Wildman–Crippen LogP) is 7.25. The summed E-state index contributed by atoms with van der Waals surface area (Å²) in [4.78, 5) is 25.1. The number of hydrogen-bond donors (Lipinski definition) is 1. The molecule has 14 heteroatoms. The van der Waals surface area contributed by atoms with Crippen LogP contribution in [0.25, 0.3) is 10.9 Å². The van der Waals surface area contributed by atoms with Crippen LogP contribution >= 0.6 is 37.8 Å². The van der Waals surface area contributed by atoms with Crippen molar-refractivity contribution < 1.29 is 33.2 Å². The first-order chi connectivity index (χ1) is 14.4. The quantitative estimate of drug-likeness (QED) is 0.196. The molecule has 32 heavy (non-hydrogen) atoms. The number of carbonyl (C=O) groups is 1. The number of halogens is 8. The number of Topliss-reactive ketones (excluding diaryl/α,β-unsaturated/α-hetero) is 1. The molecule has 1 aromatic heterocycles. The highest BCUT2D eigenvalue weighted by molar-refractivity contribution is 9.10. The Morgan fingerprint density at radius 1 is 1.19 bits per heavy atom. The zero-order chi connectivity index (χ0) is 24.3. The molecule has 1 N–H and O–H groups in total. The molecule has 0 saturated carbocycles. The average molecular weight is 583 g/mol. The standard InChI is InChI=1S/C18H11BrClF6NO3S2/c1-8(28)14-17(29)15-13(20)3-2-12(19)16(15)27-18(14)31(30)7-9-4-10(21)6-11(5-9)32(22,23,24,25)26/h2-6H,7H2,1H3,(H,27,29). The van der Waals surface area contributed by atoms with Gasteiger partial charge in [-0.2, -0.15) is 0 Å². The number of carbonyl (C=O) groups excluding carboxylic acids is 1. The highest BCUT2D eigenvalue weighted by atomic mass is 79.9. The first-order valence-electron chi connectivity index (χ1n) is 8.36. The largest absolute Gasteiger partial charge is 0.610 e. The highest BCUT2D eigenvalue weighted by Crippen LogP contribution is 3.02. The molecule has 0 bridgehead atoms. The molecule has 0 fully saturated rings. The Morgan fingerprint density at radius 3 is 2.38 bits per heavy atom. The molecule has 0 aliphatic rings. The molecule has 1 unspecified atom stereocenters. The molecule has 2 aromatic carbocycles. The molecule has 0 saturated heterocycles. The molecule has 1 atom stereocenters. The van der Waals surface area contributed by atoms with E-state index < -0.39 is 65.2 Å². The fourth-order valence-corrected chi connectivity index (χ4v) is 5.62. The molecule has 0 spiro atoms. The summed E-state index contributed by atoms with van der Waals surface area (Å²) in [7, 11) is -10.2. The number of aromatic nitrogens is 1. The number of pyridine rings is 1. The van der Waals surface area contributed by atoms with Crippen LogP contribution < -0.4 is 5.43 Å². The van der Waals surface area contributed by atoms with Gasteiger partial charge in [0.2, 0.25) is 10.5 Å². The van der Waals surface area contributed by atoms with Gasteiger partial charge in [-0.3, -0.25) is 9.59 Å². The zero-order valence-corrected chi connectivity index (χ0v) is 19.6. The van der Waals surface area contributed by atoms with Crippen LogP contribution in [0.2, 0.25) is 5.02 Å². The van der Waals surface area contributed by atoms with E-state index in [4.69, 9.17) is 11.6 Å². The topological polar surface area (TPSA) is 73.0 Å². The van der Waals surface area contributed by atoms with Gasteiger partial charge in [-0.05, 0) is 53.2 Å². The van der Waals surface area contributed by atoms with E-state index in [1.54, 1.807) is 0 Å². The zero-order valence-electron chi connectivity index (χ0n) is 15.7. The number of aromatic amines is 1. The van der Waals surface area contributed by atoms with E-state index in [-0.39, 0.29) is 28.1 Å². The Labute approximate surface area is 193 Å². The first kappa shape index (κ1) is 25.0. The third-order valence-corrected chi connectivity index (χ3v) is 7.74. The van der Waals surface area contributed by atoms with Crippen molar-refractivity contribution in [3.8, 4) is 0 Å². The molecular weight excluding hydrogens is 572 g/mol. The third kappa shape index (κ3) is 4.96. The summed E-state index contributed by atoms with van der Waals surface area (Å²) in [6, 6.07) is 2.96. The van der Waals surface area contributed by atoms with E-state index in [1.165, 1.54) is 12.1 Å². The van der Waals surface area contributed by atoms with Gasteiger partial charge in [0.05, 0.1) is 15.9 Å². The second-order valence-electron chi connectivity index (χ2n) is 6.75. The van der Waals surface area contributed by atoms with Gasteiger partial charge in [-0.15, -0.1) is 0 Å². The second-order valence-corrected chi connectivity index (χ2v) is 11.8. The van der Waals surface area contributed by atoms with Crippen molar-refractivity contribution in [2.24, 2.45) is 0 Å². The van der Waals surface area contributed by atoms with E-state index in [0.29, 0.717) is 10.5 Å². The van der Waals surface area contributed by atoms with Crippen LogP contribution in [0.4, 0.5) is 23.8 Å². The van der Waals surface area contributed by atoms with E-state index in [2.05, 4.69) is 20.9 Å². The number of fused-ring (bicyclic) bond motifs is 1. The monoisotopic (exact) mass is 581 g/mol. The normalized spacial score (nSPS) is 15.3. The van der Waals surface area contributed by atoms with Gasteiger partial charge in [0.15, 0.2) is 5.78 Å². The van der Waals surface area contributed by atoms with Crippen LogP contribution in [-0.2, 0) is 16.9 Å². The van der Waals surface area contributed by atoms with Crippen molar-refractivity contribution in [3.63, 3.8) is 0 Å². The number of ketones is 1. The Bertz CT molecular complexity index is 1350. The van der Waals surface area contributed by atoms with Crippen LogP contribution in [0.5, 0.6) is 0 Å². The van der Waals surface area contributed by atoms with Crippen LogP contribution in [0.15, 0.2) is 49.5 Å². The van der Waals surface area contributed by atoms with E-state index in [0.717, 1.165) is 6.92 Å². The van der Waals surface area contributed by atoms with Gasteiger partial charge in [-0.1, -0.05) is 31.0 Å². The van der Waals surface area contributed by atoms with Crippen LogP contribution in [0.1, 0.15) is 22.8 Å². The minimum absolute atomic E-state index is 0.0120. The first-order valence-corrected chi connectivity index (χ1v) is 12.8. The number of hydrogen-bond acceptors (Lipinski definition) is 3. The maximum atomic E-state index is 13.7. The molecule has 0 radical (unpaired) electrons. The van der Waals surface area contributed by atoms with Gasteiger partial charge in [-0.25, -0.2) is 4.39 Å². The SMILES string of the molecule is CC(=O)c1c([S+]([O-])Cc2cc(F)cc(S(F)(F)(F)(F)F)c2)[nH]c2c(Br)ccc(Cl)c2c1=O. The summed E-state index contributed by atoms with van der Waals surface area (Å²) in [5.41, 5.74) is -2.07. The Balaban J connectivity index is 2.19. The van der Waals surface area contributed by atoms with Crippen molar-refractivity contribution >= 4 is 65.6 Å². The smallest absolute Gasteiger partial charge is 0.310 e. The van der Waals surface area contributed by atoms with Crippen molar-refractivity contribution in [2.75, 3.05) is 0 Å². The molecule has 0 aliphatic carbocycles. The molecule has 3 aromatic rings. The van der Waals surface area contributed by atoms with E-state index >= 15 is 0 Å². The van der Waals surface area contributed by atoms with E-state index in [1.807, 2.05) is 0 Å². The Hall–Kier alpha value is -1.67. The summed E-state index contributed by atoms with van der Waals surface area (Å²) in [6.07, 6.45) is 0. The molecule has 0 amide bonds.